The van der Waals surface area contributed by atoms with Crippen molar-refractivity contribution in [2.24, 2.45) is 11.8 Å². The van der Waals surface area contributed by atoms with Crippen LogP contribution in [0.4, 0.5) is 0 Å². The molecule has 0 radical (unpaired) electrons. The second kappa shape index (κ2) is 6.64. The van der Waals surface area contributed by atoms with Crippen LogP contribution in [-0.2, 0) is 4.79 Å². The van der Waals surface area contributed by atoms with E-state index in [1.54, 1.807) is 0 Å². The molecule has 2 N–H and O–H groups in total. The van der Waals surface area contributed by atoms with E-state index in [0.717, 1.165) is 32.4 Å². The highest BCUT2D eigenvalue weighted by atomic mass is 32.1. The Morgan fingerprint density at radius 2 is 2.06 bits per heavy atom. The summed E-state index contributed by atoms with van der Waals surface area (Å²) < 4.78 is -0.827. The molecule has 0 bridgehead atoms. The average molecular weight is 259 g/mol. The number of thiol groups is 1. The first-order chi connectivity index (χ1) is 7.94. The van der Waals surface area contributed by atoms with Gasteiger partial charge in [0.2, 0.25) is 0 Å². The number of piperidine rings is 1. The Bertz CT molecular complexity index is 252. The molecule has 1 saturated heterocycles. The average Bonchev–Trinajstić information content (AvgIpc) is 2.27. The third-order valence-electron chi connectivity index (χ3n) is 3.62. The Morgan fingerprint density at radius 1 is 1.47 bits per heavy atom. The Balaban J connectivity index is 2.53. The van der Waals surface area contributed by atoms with Crippen LogP contribution in [0.5, 0.6) is 0 Å². The molecule has 0 spiro atoms. The van der Waals surface area contributed by atoms with Crippen molar-refractivity contribution in [2.75, 3.05) is 13.1 Å². The van der Waals surface area contributed by atoms with Crippen LogP contribution in [0.1, 0.15) is 46.0 Å². The molecule has 17 heavy (non-hydrogen) atoms. The van der Waals surface area contributed by atoms with Crippen molar-refractivity contribution in [2.45, 2.75) is 50.7 Å². The largest absolute Gasteiger partial charge is 0.480 e. The van der Waals surface area contributed by atoms with Crippen LogP contribution < -0.4 is 5.32 Å². The first kappa shape index (κ1) is 14.8. The van der Waals surface area contributed by atoms with Crippen LogP contribution in [0, 0.1) is 11.8 Å². The molecule has 0 saturated carbocycles. The molecule has 1 unspecified atom stereocenters. The molecule has 0 aliphatic carbocycles. The molecular formula is C13H25NO2S. The van der Waals surface area contributed by atoms with Crippen LogP contribution in [0.3, 0.4) is 0 Å². The number of carboxylic acid groups (broad SMARTS) is 1. The molecule has 0 aromatic rings. The number of nitrogens with one attached hydrogen (secondary N) is 1. The molecule has 1 heterocycles. The predicted molar refractivity (Wildman–Crippen MR) is 73.6 cm³/mol. The third-order valence-corrected chi connectivity index (χ3v) is 4.22. The summed E-state index contributed by atoms with van der Waals surface area (Å²) in [5.74, 6) is 0.297. The molecule has 1 fully saturated rings. The third kappa shape index (κ3) is 4.88. The topological polar surface area (TPSA) is 49.3 Å². The van der Waals surface area contributed by atoms with Gasteiger partial charge in [-0.05, 0) is 57.0 Å². The molecule has 0 amide bonds. The van der Waals surface area contributed by atoms with Gasteiger partial charge in [0.05, 0.1) is 0 Å². The highest BCUT2D eigenvalue weighted by molar-refractivity contribution is 7.82. The summed E-state index contributed by atoms with van der Waals surface area (Å²) in [4.78, 5) is 11.4. The molecule has 1 atom stereocenters. The number of carbonyl (C=O) groups is 1. The summed E-state index contributed by atoms with van der Waals surface area (Å²) in [5, 5.41) is 12.7. The van der Waals surface area contributed by atoms with E-state index < -0.39 is 10.7 Å². The van der Waals surface area contributed by atoms with E-state index in [1.807, 2.05) is 0 Å². The van der Waals surface area contributed by atoms with Gasteiger partial charge in [-0.2, -0.15) is 12.6 Å². The fraction of sp³-hybridized carbons (Fsp3) is 0.923. The van der Waals surface area contributed by atoms with Crippen LogP contribution >= 0.6 is 12.6 Å². The summed E-state index contributed by atoms with van der Waals surface area (Å²) in [6.45, 7) is 6.28. The van der Waals surface area contributed by atoms with E-state index in [9.17, 15) is 9.90 Å². The molecular weight excluding hydrogens is 234 g/mol. The second-order valence-electron chi connectivity index (χ2n) is 5.67. The maximum Gasteiger partial charge on any atom is 0.319 e. The summed E-state index contributed by atoms with van der Waals surface area (Å²) in [6, 6.07) is 0. The van der Waals surface area contributed by atoms with Gasteiger partial charge in [0, 0.05) is 0 Å². The van der Waals surface area contributed by atoms with Gasteiger partial charge in [-0.15, -0.1) is 0 Å². The smallest absolute Gasteiger partial charge is 0.319 e. The first-order valence-electron chi connectivity index (χ1n) is 6.60. The lowest BCUT2D eigenvalue weighted by Crippen LogP contribution is -2.38. The molecule has 4 heteroatoms. The van der Waals surface area contributed by atoms with Gasteiger partial charge in [-0.1, -0.05) is 13.8 Å². The van der Waals surface area contributed by atoms with E-state index in [1.165, 1.54) is 0 Å². The molecule has 1 aliphatic rings. The Morgan fingerprint density at radius 3 is 2.53 bits per heavy atom. The molecule has 0 aromatic carbocycles. The van der Waals surface area contributed by atoms with Crippen molar-refractivity contribution in [3.05, 3.63) is 0 Å². The zero-order valence-corrected chi connectivity index (χ0v) is 11.8. The zero-order valence-electron chi connectivity index (χ0n) is 10.9. The van der Waals surface area contributed by atoms with E-state index in [2.05, 4.69) is 31.8 Å². The molecule has 1 rings (SSSR count). The number of aliphatic carboxylic acids is 1. The second-order valence-corrected chi connectivity index (χ2v) is 6.52. The highest BCUT2D eigenvalue weighted by Gasteiger charge is 2.36. The van der Waals surface area contributed by atoms with Crippen molar-refractivity contribution in [3.63, 3.8) is 0 Å². The van der Waals surface area contributed by atoms with E-state index in [-0.39, 0.29) is 0 Å². The van der Waals surface area contributed by atoms with Crippen LogP contribution in [0.25, 0.3) is 0 Å². The summed E-state index contributed by atoms with van der Waals surface area (Å²) in [5.41, 5.74) is 0. The normalized spacial score (nSPS) is 21.4. The van der Waals surface area contributed by atoms with Gasteiger partial charge in [0.15, 0.2) is 0 Å². The molecule has 0 aromatic heterocycles. The van der Waals surface area contributed by atoms with Crippen LogP contribution in [0.15, 0.2) is 0 Å². The lowest BCUT2D eigenvalue weighted by atomic mass is 9.84. The van der Waals surface area contributed by atoms with Gasteiger partial charge in [-0.3, -0.25) is 4.79 Å². The molecule has 3 nitrogen and oxygen atoms in total. The summed E-state index contributed by atoms with van der Waals surface area (Å²) in [6.07, 6.45) is 4.47. The summed E-state index contributed by atoms with van der Waals surface area (Å²) in [7, 11) is 0. The zero-order chi connectivity index (χ0) is 12.9. The number of hydrogen-bond acceptors (Lipinski definition) is 3. The highest BCUT2D eigenvalue weighted by Crippen LogP contribution is 2.34. The van der Waals surface area contributed by atoms with Crippen molar-refractivity contribution in [3.8, 4) is 0 Å². The number of hydrogen-bond donors (Lipinski definition) is 3. The minimum Gasteiger partial charge on any atom is -0.480 e. The van der Waals surface area contributed by atoms with Crippen molar-refractivity contribution in [1.82, 2.24) is 5.32 Å². The van der Waals surface area contributed by atoms with Gasteiger partial charge >= 0.3 is 5.97 Å². The fourth-order valence-electron chi connectivity index (χ4n) is 2.39. The molecule has 100 valence electrons. The quantitative estimate of drug-likeness (QED) is 0.643. The van der Waals surface area contributed by atoms with Crippen LogP contribution in [0.2, 0.25) is 0 Å². The Labute approximate surface area is 110 Å². The number of carboxylic acids is 1. The van der Waals surface area contributed by atoms with Crippen LogP contribution in [-0.4, -0.2) is 28.9 Å². The van der Waals surface area contributed by atoms with Gasteiger partial charge in [-0.25, -0.2) is 0 Å². The Hall–Kier alpha value is -0.220. The maximum atomic E-state index is 11.4. The maximum absolute atomic E-state index is 11.4. The predicted octanol–water partition coefficient (Wildman–Crippen LogP) is 2.57. The lowest BCUT2D eigenvalue weighted by Gasteiger charge is -2.31. The van der Waals surface area contributed by atoms with Gasteiger partial charge in [0.25, 0.3) is 0 Å². The SMILES string of the molecule is CC(C)CCC(S)(CC1CCNCC1)C(=O)O. The summed E-state index contributed by atoms with van der Waals surface area (Å²) >= 11 is 4.48. The van der Waals surface area contributed by atoms with Crippen molar-refractivity contribution >= 4 is 18.6 Å². The molecule has 1 aliphatic heterocycles. The number of rotatable bonds is 6. The van der Waals surface area contributed by atoms with E-state index >= 15 is 0 Å². The van der Waals surface area contributed by atoms with Gasteiger partial charge in [0.1, 0.15) is 4.75 Å². The minimum atomic E-state index is -0.827. The Kier molecular flexibility index (Phi) is 5.80. The first-order valence-corrected chi connectivity index (χ1v) is 7.05. The monoisotopic (exact) mass is 259 g/mol. The van der Waals surface area contributed by atoms with E-state index in [4.69, 9.17) is 0 Å². The minimum absolute atomic E-state index is 0.511. The lowest BCUT2D eigenvalue weighted by molar-refractivity contribution is -0.140. The standard InChI is InChI=1S/C13H25NO2S/c1-10(2)3-6-13(17,12(15)16)9-11-4-7-14-8-5-11/h10-11,14,17H,3-9H2,1-2H3,(H,15,16). The van der Waals surface area contributed by atoms with Crippen molar-refractivity contribution in [1.29, 1.82) is 0 Å². The fourth-order valence-corrected chi connectivity index (χ4v) is 2.77. The van der Waals surface area contributed by atoms with E-state index in [0.29, 0.717) is 24.7 Å². The van der Waals surface area contributed by atoms with Crippen molar-refractivity contribution < 1.29 is 9.90 Å². The van der Waals surface area contributed by atoms with Gasteiger partial charge < -0.3 is 10.4 Å².